The Morgan fingerprint density at radius 3 is 2.90 bits per heavy atom. The molecule has 3 heteroatoms. The lowest BCUT2D eigenvalue weighted by Crippen LogP contribution is -2.38. The molecule has 1 saturated heterocycles. The van der Waals surface area contributed by atoms with Gasteiger partial charge in [-0.15, -0.1) is 0 Å². The number of hydrogen-bond donors (Lipinski definition) is 1. The van der Waals surface area contributed by atoms with E-state index in [1.165, 1.54) is 13.0 Å². The van der Waals surface area contributed by atoms with E-state index in [9.17, 15) is 0 Å². The van der Waals surface area contributed by atoms with Crippen molar-refractivity contribution in [3.05, 3.63) is 0 Å². The highest BCUT2D eigenvalue weighted by Gasteiger charge is 2.24. The molecule has 1 rings (SSSR count). The van der Waals surface area contributed by atoms with Crippen LogP contribution < -0.4 is 5.73 Å². The van der Waals surface area contributed by atoms with E-state index in [0.717, 1.165) is 13.0 Å². The average molecular weight is 158 g/mol. The maximum absolute atomic E-state index is 5.55. The number of thiocarbonyl (C=S) groups is 1. The first-order valence-corrected chi connectivity index (χ1v) is 4.20. The normalized spacial score (nSPS) is 27.1. The molecule has 0 aromatic carbocycles. The van der Waals surface area contributed by atoms with Gasteiger partial charge < -0.3 is 5.73 Å². The van der Waals surface area contributed by atoms with Crippen molar-refractivity contribution in [2.24, 2.45) is 5.73 Å². The first-order valence-electron chi connectivity index (χ1n) is 3.79. The first kappa shape index (κ1) is 7.95. The van der Waals surface area contributed by atoms with E-state index in [2.05, 4.69) is 11.8 Å². The lowest BCUT2D eigenvalue weighted by Gasteiger charge is -2.20. The summed E-state index contributed by atoms with van der Waals surface area (Å²) in [6.07, 6.45) is 2.40. The molecule has 2 N–H and O–H groups in total. The predicted molar refractivity (Wildman–Crippen MR) is 47.1 cm³/mol. The van der Waals surface area contributed by atoms with Crippen LogP contribution in [-0.4, -0.2) is 29.0 Å². The molecular formula is C7H14N2S. The number of nitrogens with zero attached hydrogens (tertiary/aromatic N) is 1. The lowest BCUT2D eigenvalue weighted by atomic mass is 10.2. The van der Waals surface area contributed by atoms with Crippen molar-refractivity contribution in [1.29, 1.82) is 0 Å². The zero-order valence-electron chi connectivity index (χ0n) is 6.34. The van der Waals surface area contributed by atoms with Crippen LogP contribution in [0.4, 0.5) is 0 Å². The third kappa shape index (κ3) is 1.47. The summed E-state index contributed by atoms with van der Waals surface area (Å²) in [6.45, 7) is 4.39. The second-order valence-electron chi connectivity index (χ2n) is 2.69. The molecule has 2 nitrogen and oxygen atoms in total. The van der Waals surface area contributed by atoms with Crippen LogP contribution in [0.5, 0.6) is 0 Å². The largest absolute Gasteiger partial charge is 0.392 e. The summed E-state index contributed by atoms with van der Waals surface area (Å²) < 4.78 is 0. The summed E-state index contributed by atoms with van der Waals surface area (Å²) >= 11 is 4.93. The zero-order chi connectivity index (χ0) is 7.56. The Labute approximate surface area is 67.4 Å². The average Bonchev–Trinajstić information content (AvgIpc) is 2.33. The fourth-order valence-corrected chi connectivity index (χ4v) is 1.79. The molecule has 1 aliphatic rings. The van der Waals surface area contributed by atoms with E-state index in [0.29, 0.717) is 11.0 Å². The van der Waals surface area contributed by atoms with E-state index in [1.54, 1.807) is 0 Å². The van der Waals surface area contributed by atoms with Crippen LogP contribution in [0.15, 0.2) is 0 Å². The van der Waals surface area contributed by atoms with Crippen molar-refractivity contribution in [2.45, 2.75) is 25.8 Å². The Morgan fingerprint density at radius 1 is 1.80 bits per heavy atom. The van der Waals surface area contributed by atoms with Crippen LogP contribution in [0.1, 0.15) is 19.8 Å². The van der Waals surface area contributed by atoms with Gasteiger partial charge in [-0.25, -0.2) is 0 Å². The fourth-order valence-electron chi connectivity index (χ4n) is 1.53. The molecule has 0 radical (unpaired) electrons. The van der Waals surface area contributed by atoms with Gasteiger partial charge in [-0.1, -0.05) is 19.1 Å². The van der Waals surface area contributed by atoms with Crippen LogP contribution >= 0.6 is 12.2 Å². The minimum atomic E-state index is 0.389. The van der Waals surface area contributed by atoms with Crippen molar-refractivity contribution in [1.82, 2.24) is 4.90 Å². The van der Waals surface area contributed by atoms with E-state index < -0.39 is 0 Å². The summed E-state index contributed by atoms with van der Waals surface area (Å²) in [5.41, 5.74) is 5.55. The summed E-state index contributed by atoms with van der Waals surface area (Å²) in [5.74, 6) is 0. The first-order chi connectivity index (χ1) is 4.75. The molecule has 0 saturated carbocycles. The molecule has 1 aliphatic heterocycles. The van der Waals surface area contributed by atoms with Gasteiger partial charge >= 0.3 is 0 Å². The summed E-state index contributed by atoms with van der Waals surface area (Å²) in [6, 6.07) is 0.389. The van der Waals surface area contributed by atoms with Crippen LogP contribution in [0.2, 0.25) is 0 Å². The predicted octanol–water partition coefficient (Wildman–Crippen LogP) is 0.757. The molecule has 0 spiro atoms. The molecule has 0 aromatic rings. The van der Waals surface area contributed by atoms with Gasteiger partial charge in [-0.05, 0) is 25.9 Å². The Morgan fingerprint density at radius 2 is 2.50 bits per heavy atom. The topological polar surface area (TPSA) is 29.3 Å². The van der Waals surface area contributed by atoms with Gasteiger partial charge in [0, 0.05) is 0 Å². The van der Waals surface area contributed by atoms with Crippen LogP contribution in [0.25, 0.3) is 0 Å². The van der Waals surface area contributed by atoms with E-state index in [1.807, 2.05) is 0 Å². The highest BCUT2D eigenvalue weighted by molar-refractivity contribution is 7.80. The van der Waals surface area contributed by atoms with Crippen molar-refractivity contribution >= 4 is 17.2 Å². The minimum absolute atomic E-state index is 0.389. The third-order valence-electron chi connectivity index (χ3n) is 2.10. The van der Waals surface area contributed by atoms with Gasteiger partial charge in [0.1, 0.15) is 0 Å². The quantitative estimate of drug-likeness (QED) is 0.602. The molecule has 1 fully saturated rings. The standard InChI is InChI=1S/C7H14N2S/c1-2-9-5-3-4-6(9)7(8)10/h6H,2-5H2,1H3,(H2,8,10). The molecule has 1 heterocycles. The summed E-state index contributed by atoms with van der Waals surface area (Å²) in [4.78, 5) is 3.00. The smallest absolute Gasteiger partial charge is 0.0902 e. The Hall–Kier alpha value is -0.150. The highest BCUT2D eigenvalue weighted by atomic mass is 32.1. The molecule has 0 aliphatic carbocycles. The Kier molecular flexibility index (Phi) is 2.63. The number of likely N-dealkylation sites (N-methyl/N-ethyl adjacent to an activating group) is 1. The highest BCUT2D eigenvalue weighted by Crippen LogP contribution is 2.16. The molecule has 0 bridgehead atoms. The van der Waals surface area contributed by atoms with Crippen molar-refractivity contribution in [3.63, 3.8) is 0 Å². The van der Waals surface area contributed by atoms with Gasteiger partial charge in [-0.2, -0.15) is 0 Å². The van der Waals surface area contributed by atoms with E-state index in [-0.39, 0.29) is 0 Å². The molecule has 0 amide bonds. The maximum atomic E-state index is 5.55. The van der Waals surface area contributed by atoms with Crippen molar-refractivity contribution in [3.8, 4) is 0 Å². The second-order valence-corrected chi connectivity index (χ2v) is 3.16. The maximum Gasteiger partial charge on any atom is 0.0902 e. The van der Waals surface area contributed by atoms with Gasteiger partial charge in [0.25, 0.3) is 0 Å². The number of nitrogens with two attached hydrogens (primary N) is 1. The monoisotopic (exact) mass is 158 g/mol. The second kappa shape index (κ2) is 3.30. The van der Waals surface area contributed by atoms with Crippen molar-refractivity contribution < 1.29 is 0 Å². The summed E-state index contributed by atoms with van der Waals surface area (Å²) in [7, 11) is 0. The lowest BCUT2D eigenvalue weighted by molar-refractivity contribution is 0.321. The van der Waals surface area contributed by atoms with Gasteiger partial charge in [0.2, 0.25) is 0 Å². The molecular weight excluding hydrogens is 144 g/mol. The fraction of sp³-hybridized carbons (Fsp3) is 0.857. The minimum Gasteiger partial charge on any atom is -0.392 e. The molecule has 58 valence electrons. The van der Waals surface area contributed by atoms with Crippen LogP contribution in [0.3, 0.4) is 0 Å². The Bertz CT molecular complexity index is 136. The molecule has 0 aromatic heterocycles. The molecule has 1 atom stereocenters. The zero-order valence-corrected chi connectivity index (χ0v) is 7.16. The molecule has 1 unspecified atom stereocenters. The van der Waals surface area contributed by atoms with Gasteiger partial charge in [0.05, 0.1) is 11.0 Å². The SMILES string of the molecule is CCN1CCCC1C(N)=S. The number of hydrogen-bond acceptors (Lipinski definition) is 2. The van der Waals surface area contributed by atoms with Crippen LogP contribution in [-0.2, 0) is 0 Å². The summed E-state index contributed by atoms with van der Waals surface area (Å²) in [5, 5.41) is 0. The van der Waals surface area contributed by atoms with E-state index >= 15 is 0 Å². The third-order valence-corrected chi connectivity index (χ3v) is 2.37. The van der Waals surface area contributed by atoms with Crippen LogP contribution in [0, 0.1) is 0 Å². The molecule has 10 heavy (non-hydrogen) atoms. The number of rotatable bonds is 2. The van der Waals surface area contributed by atoms with Gasteiger partial charge in [0.15, 0.2) is 0 Å². The van der Waals surface area contributed by atoms with E-state index in [4.69, 9.17) is 18.0 Å². The Balaban J connectivity index is 2.50. The number of likely N-dealkylation sites (tertiary alicyclic amines) is 1. The van der Waals surface area contributed by atoms with Crippen molar-refractivity contribution in [2.75, 3.05) is 13.1 Å². The van der Waals surface area contributed by atoms with Gasteiger partial charge in [-0.3, -0.25) is 4.90 Å².